The minimum Gasteiger partial charge on any atom is -0.377 e. The van der Waals surface area contributed by atoms with Crippen LogP contribution in [0.1, 0.15) is 32.3 Å². The number of hydrogen-bond acceptors (Lipinski definition) is 4. The van der Waals surface area contributed by atoms with Gasteiger partial charge in [-0.2, -0.15) is 0 Å². The molecule has 28 heavy (non-hydrogen) atoms. The summed E-state index contributed by atoms with van der Waals surface area (Å²) in [6, 6.07) is 11.7. The van der Waals surface area contributed by atoms with Crippen LogP contribution < -0.4 is 10.6 Å². The fourth-order valence-electron chi connectivity index (χ4n) is 3.72. The molecular formula is C22H39N5O. The Balaban J connectivity index is 1.80. The van der Waals surface area contributed by atoms with E-state index >= 15 is 0 Å². The lowest BCUT2D eigenvalue weighted by Gasteiger charge is -2.23. The van der Waals surface area contributed by atoms with Gasteiger partial charge >= 0.3 is 0 Å². The molecule has 0 saturated carbocycles. The Morgan fingerprint density at radius 1 is 1.32 bits per heavy atom. The highest BCUT2D eigenvalue weighted by Crippen LogP contribution is 2.20. The number of nitrogens with zero attached hydrogens (tertiary/aromatic N) is 3. The molecule has 1 heterocycles. The maximum atomic E-state index is 5.88. The number of rotatable bonds is 10. The van der Waals surface area contributed by atoms with Crippen molar-refractivity contribution < 1.29 is 4.74 Å². The Kier molecular flexibility index (Phi) is 9.75. The van der Waals surface area contributed by atoms with E-state index in [1.165, 1.54) is 5.56 Å². The van der Waals surface area contributed by atoms with Crippen molar-refractivity contribution in [1.82, 2.24) is 20.4 Å². The Morgan fingerprint density at radius 3 is 2.71 bits per heavy atom. The third-order valence-electron chi connectivity index (χ3n) is 5.29. The van der Waals surface area contributed by atoms with Crippen LogP contribution in [-0.2, 0) is 11.3 Å². The molecule has 0 aromatic heterocycles. The van der Waals surface area contributed by atoms with Crippen LogP contribution in [0.25, 0.3) is 0 Å². The molecule has 6 heteroatoms. The van der Waals surface area contributed by atoms with Gasteiger partial charge in [0.2, 0.25) is 0 Å². The average molecular weight is 390 g/mol. The predicted octanol–water partition coefficient (Wildman–Crippen LogP) is 2.17. The maximum Gasteiger partial charge on any atom is 0.191 e. The van der Waals surface area contributed by atoms with Crippen molar-refractivity contribution in [2.24, 2.45) is 4.99 Å². The van der Waals surface area contributed by atoms with E-state index in [1.54, 1.807) is 0 Å². The highest BCUT2D eigenvalue weighted by atomic mass is 16.5. The second kappa shape index (κ2) is 12.0. The van der Waals surface area contributed by atoms with Gasteiger partial charge in [-0.1, -0.05) is 30.3 Å². The summed E-state index contributed by atoms with van der Waals surface area (Å²) in [6.07, 6.45) is 2.34. The Bertz CT molecular complexity index is 578. The van der Waals surface area contributed by atoms with Crippen LogP contribution in [0.5, 0.6) is 0 Å². The van der Waals surface area contributed by atoms with E-state index in [2.05, 4.69) is 83.7 Å². The largest absolute Gasteiger partial charge is 0.377 e. The van der Waals surface area contributed by atoms with E-state index in [4.69, 9.17) is 4.74 Å². The third kappa shape index (κ3) is 7.78. The van der Waals surface area contributed by atoms with E-state index in [0.29, 0.717) is 12.1 Å². The Labute approximate surface area is 171 Å². The minimum absolute atomic E-state index is 0.197. The summed E-state index contributed by atoms with van der Waals surface area (Å²) in [4.78, 5) is 9.16. The first-order chi connectivity index (χ1) is 13.5. The first-order valence-corrected chi connectivity index (χ1v) is 10.5. The molecule has 0 radical (unpaired) electrons. The van der Waals surface area contributed by atoms with E-state index < -0.39 is 0 Å². The van der Waals surface area contributed by atoms with Gasteiger partial charge in [0.1, 0.15) is 0 Å². The summed E-state index contributed by atoms with van der Waals surface area (Å²) >= 11 is 0. The fourth-order valence-corrected chi connectivity index (χ4v) is 3.72. The molecule has 6 nitrogen and oxygen atoms in total. The van der Waals surface area contributed by atoms with Crippen LogP contribution >= 0.6 is 0 Å². The van der Waals surface area contributed by atoms with Crippen LogP contribution in [0.4, 0.5) is 0 Å². The molecule has 0 spiro atoms. The molecule has 0 bridgehead atoms. The van der Waals surface area contributed by atoms with Gasteiger partial charge < -0.3 is 20.3 Å². The van der Waals surface area contributed by atoms with Crippen molar-refractivity contribution in [3.8, 4) is 0 Å². The lowest BCUT2D eigenvalue weighted by atomic mass is 10.2. The number of ether oxygens (including phenoxy) is 1. The van der Waals surface area contributed by atoms with Crippen molar-refractivity contribution >= 4 is 5.96 Å². The second-order valence-corrected chi connectivity index (χ2v) is 7.96. The summed E-state index contributed by atoms with van der Waals surface area (Å²) in [5, 5.41) is 7.07. The van der Waals surface area contributed by atoms with Crippen molar-refractivity contribution in [2.75, 3.05) is 47.4 Å². The van der Waals surface area contributed by atoms with Crippen molar-refractivity contribution in [3.05, 3.63) is 35.9 Å². The van der Waals surface area contributed by atoms with Gasteiger partial charge in [-0.3, -0.25) is 9.89 Å². The van der Waals surface area contributed by atoms with Gasteiger partial charge in [0.15, 0.2) is 5.96 Å². The van der Waals surface area contributed by atoms with Crippen molar-refractivity contribution in [1.29, 1.82) is 0 Å². The number of likely N-dealkylation sites (tertiary alicyclic amines) is 1. The zero-order valence-corrected chi connectivity index (χ0v) is 18.3. The van der Waals surface area contributed by atoms with Gasteiger partial charge in [-0.05, 0) is 46.3 Å². The van der Waals surface area contributed by atoms with E-state index in [-0.39, 0.29) is 6.10 Å². The number of hydrogen-bond donors (Lipinski definition) is 2. The standard InChI is InChI=1S/C22H39N5O/c1-6-28-21(12-13-26(4)5)15-24-22(23-3)25-20-14-18(2)27(17-20)16-19-10-8-7-9-11-19/h7-11,18,20-21H,6,12-17H2,1-5H3,(H2,23,24,25). The number of guanidine groups is 1. The molecule has 1 saturated heterocycles. The predicted molar refractivity (Wildman–Crippen MR) is 118 cm³/mol. The van der Waals surface area contributed by atoms with E-state index in [9.17, 15) is 0 Å². The first kappa shape index (κ1) is 22.7. The molecule has 1 fully saturated rings. The molecule has 1 aliphatic rings. The highest BCUT2D eigenvalue weighted by Gasteiger charge is 2.29. The average Bonchev–Trinajstić information content (AvgIpc) is 3.02. The van der Waals surface area contributed by atoms with Crippen LogP contribution in [-0.4, -0.2) is 81.3 Å². The Hall–Kier alpha value is -1.63. The van der Waals surface area contributed by atoms with E-state index in [0.717, 1.165) is 51.6 Å². The second-order valence-electron chi connectivity index (χ2n) is 7.96. The number of benzene rings is 1. The molecule has 158 valence electrons. The monoisotopic (exact) mass is 389 g/mol. The van der Waals surface area contributed by atoms with Crippen LogP contribution in [0.15, 0.2) is 35.3 Å². The maximum absolute atomic E-state index is 5.88. The summed E-state index contributed by atoms with van der Waals surface area (Å²) in [6.45, 7) is 8.93. The van der Waals surface area contributed by atoms with Gasteiger partial charge in [-0.25, -0.2) is 0 Å². The summed E-state index contributed by atoms with van der Waals surface area (Å²) < 4.78 is 5.88. The van der Waals surface area contributed by atoms with Crippen LogP contribution in [0, 0.1) is 0 Å². The summed E-state index contributed by atoms with van der Waals surface area (Å²) in [5.41, 5.74) is 1.37. The minimum atomic E-state index is 0.197. The zero-order chi connectivity index (χ0) is 20.4. The summed E-state index contributed by atoms with van der Waals surface area (Å²) in [5.74, 6) is 0.869. The van der Waals surface area contributed by atoms with Gasteiger partial charge in [-0.15, -0.1) is 0 Å². The highest BCUT2D eigenvalue weighted by molar-refractivity contribution is 5.80. The third-order valence-corrected chi connectivity index (χ3v) is 5.29. The normalized spacial score (nSPS) is 21.9. The molecular weight excluding hydrogens is 350 g/mol. The van der Waals surface area contributed by atoms with Crippen molar-refractivity contribution in [3.63, 3.8) is 0 Å². The van der Waals surface area contributed by atoms with Gasteiger partial charge in [0, 0.05) is 51.9 Å². The SMILES string of the molecule is CCOC(CCN(C)C)CNC(=NC)NC1CC(C)N(Cc2ccccc2)C1. The lowest BCUT2D eigenvalue weighted by Crippen LogP contribution is -2.47. The molecule has 0 amide bonds. The molecule has 1 aromatic rings. The smallest absolute Gasteiger partial charge is 0.191 e. The topological polar surface area (TPSA) is 52.1 Å². The zero-order valence-electron chi connectivity index (χ0n) is 18.3. The van der Waals surface area contributed by atoms with E-state index in [1.807, 2.05) is 7.05 Å². The molecule has 1 aliphatic heterocycles. The molecule has 2 N–H and O–H groups in total. The lowest BCUT2D eigenvalue weighted by molar-refractivity contribution is 0.0548. The number of aliphatic imine (C=N–C) groups is 1. The number of nitrogens with one attached hydrogen (secondary N) is 2. The molecule has 1 aromatic carbocycles. The molecule has 2 rings (SSSR count). The molecule has 0 aliphatic carbocycles. The molecule has 3 unspecified atom stereocenters. The first-order valence-electron chi connectivity index (χ1n) is 10.5. The van der Waals surface area contributed by atoms with Crippen LogP contribution in [0.3, 0.4) is 0 Å². The van der Waals surface area contributed by atoms with Gasteiger partial charge in [0.05, 0.1) is 6.10 Å². The van der Waals surface area contributed by atoms with Gasteiger partial charge in [0.25, 0.3) is 0 Å². The summed E-state index contributed by atoms with van der Waals surface area (Å²) in [7, 11) is 6.03. The Morgan fingerprint density at radius 2 is 2.07 bits per heavy atom. The molecule has 3 atom stereocenters. The van der Waals surface area contributed by atoms with Crippen LogP contribution in [0.2, 0.25) is 0 Å². The quantitative estimate of drug-likeness (QED) is 0.474. The fraction of sp³-hybridized carbons (Fsp3) is 0.682. The van der Waals surface area contributed by atoms with Crippen molar-refractivity contribution in [2.45, 2.75) is 51.4 Å².